The van der Waals surface area contributed by atoms with Gasteiger partial charge in [-0.2, -0.15) is 4.31 Å². The number of benzene rings is 1. The van der Waals surface area contributed by atoms with E-state index in [1.54, 1.807) is 32.9 Å². The van der Waals surface area contributed by atoms with Crippen molar-refractivity contribution >= 4 is 34.0 Å². The fourth-order valence-electron chi connectivity index (χ4n) is 3.15. The van der Waals surface area contributed by atoms with Gasteiger partial charge in [0.2, 0.25) is 15.9 Å². The number of hydrogen-bond donors (Lipinski definition) is 2. The van der Waals surface area contributed by atoms with Crippen molar-refractivity contribution in [2.45, 2.75) is 56.9 Å². The first-order chi connectivity index (χ1) is 11.2. The van der Waals surface area contributed by atoms with Gasteiger partial charge in [-0.3, -0.25) is 4.79 Å². The number of carbonyl (C=O) groups excluding carboxylic acids is 1. The summed E-state index contributed by atoms with van der Waals surface area (Å²) in [5, 5.41) is 2.79. The standard InChI is InChI=1S/C17H27N3O3S.ClH/c1-4-20(5-2)24(22,23)15-12-14(9-8-13(15)3)19-16(21)17(18)10-6-7-11-17;/h8-9,12H,4-7,10-11,18H2,1-3H3,(H,19,21);1H. The minimum Gasteiger partial charge on any atom is -0.324 e. The summed E-state index contributed by atoms with van der Waals surface area (Å²) < 4.78 is 26.9. The van der Waals surface area contributed by atoms with Crippen LogP contribution in [0.25, 0.3) is 0 Å². The zero-order chi connectivity index (χ0) is 18.0. The van der Waals surface area contributed by atoms with Crippen LogP contribution < -0.4 is 11.1 Å². The minimum atomic E-state index is -3.57. The number of aryl methyl sites for hydroxylation is 1. The first kappa shape index (κ1) is 21.9. The molecule has 1 fully saturated rings. The molecule has 1 aliphatic rings. The van der Waals surface area contributed by atoms with Gasteiger partial charge in [-0.25, -0.2) is 8.42 Å². The lowest BCUT2D eigenvalue weighted by molar-refractivity contribution is -0.121. The van der Waals surface area contributed by atoms with Gasteiger partial charge in [0.05, 0.1) is 10.4 Å². The van der Waals surface area contributed by atoms with Gasteiger partial charge in [-0.1, -0.05) is 32.8 Å². The smallest absolute Gasteiger partial charge is 0.244 e. The van der Waals surface area contributed by atoms with E-state index in [4.69, 9.17) is 5.73 Å². The fourth-order valence-corrected chi connectivity index (χ4v) is 4.86. The molecule has 0 bridgehead atoms. The number of nitrogens with two attached hydrogens (primary N) is 1. The molecule has 0 unspecified atom stereocenters. The molecule has 0 heterocycles. The van der Waals surface area contributed by atoms with Crippen LogP contribution >= 0.6 is 12.4 Å². The lowest BCUT2D eigenvalue weighted by atomic mass is 9.98. The number of rotatable bonds is 6. The number of carbonyl (C=O) groups is 1. The molecular weight excluding hydrogens is 362 g/mol. The van der Waals surface area contributed by atoms with E-state index in [-0.39, 0.29) is 23.2 Å². The van der Waals surface area contributed by atoms with Gasteiger partial charge in [0, 0.05) is 18.8 Å². The molecule has 2 rings (SSSR count). The molecule has 0 saturated heterocycles. The molecule has 1 aromatic rings. The maximum atomic E-state index is 12.8. The van der Waals surface area contributed by atoms with Gasteiger partial charge in [0.1, 0.15) is 0 Å². The number of halogens is 1. The summed E-state index contributed by atoms with van der Waals surface area (Å²) in [6, 6.07) is 4.95. The van der Waals surface area contributed by atoms with Crippen LogP contribution in [-0.4, -0.2) is 37.3 Å². The number of hydrogen-bond acceptors (Lipinski definition) is 4. The Labute approximate surface area is 156 Å². The number of amides is 1. The molecule has 142 valence electrons. The molecule has 0 aliphatic heterocycles. The Morgan fingerprint density at radius 3 is 2.32 bits per heavy atom. The van der Waals surface area contributed by atoms with Crippen molar-refractivity contribution in [1.29, 1.82) is 0 Å². The van der Waals surface area contributed by atoms with E-state index in [0.717, 1.165) is 12.8 Å². The minimum absolute atomic E-state index is 0. The summed E-state index contributed by atoms with van der Waals surface area (Å²) >= 11 is 0. The third-order valence-corrected chi connectivity index (χ3v) is 6.91. The zero-order valence-electron chi connectivity index (χ0n) is 15.0. The summed E-state index contributed by atoms with van der Waals surface area (Å²) in [6.45, 7) is 6.17. The summed E-state index contributed by atoms with van der Waals surface area (Å²) in [5.74, 6) is -0.241. The molecular formula is C17H28ClN3O3S. The Balaban J connectivity index is 0.00000312. The first-order valence-corrected chi connectivity index (χ1v) is 9.89. The van der Waals surface area contributed by atoms with E-state index in [0.29, 0.717) is 37.2 Å². The molecule has 25 heavy (non-hydrogen) atoms. The number of nitrogens with zero attached hydrogens (tertiary/aromatic N) is 1. The molecule has 0 radical (unpaired) electrons. The van der Waals surface area contributed by atoms with Crippen LogP contribution in [0.3, 0.4) is 0 Å². The van der Waals surface area contributed by atoms with Crippen molar-refractivity contribution in [3.63, 3.8) is 0 Å². The van der Waals surface area contributed by atoms with Crippen molar-refractivity contribution < 1.29 is 13.2 Å². The molecule has 0 aromatic heterocycles. The van der Waals surface area contributed by atoms with Crippen molar-refractivity contribution in [2.75, 3.05) is 18.4 Å². The van der Waals surface area contributed by atoms with Crippen LogP contribution in [0, 0.1) is 6.92 Å². The molecule has 1 aromatic carbocycles. The average Bonchev–Trinajstić information content (AvgIpc) is 2.98. The van der Waals surface area contributed by atoms with Crippen LogP contribution in [-0.2, 0) is 14.8 Å². The van der Waals surface area contributed by atoms with Gasteiger partial charge < -0.3 is 11.1 Å². The van der Waals surface area contributed by atoms with E-state index in [1.165, 1.54) is 10.4 Å². The third kappa shape index (κ3) is 4.53. The van der Waals surface area contributed by atoms with Crippen molar-refractivity contribution in [3.8, 4) is 0 Å². The van der Waals surface area contributed by atoms with Gasteiger partial charge >= 0.3 is 0 Å². The van der Waals surface area contributed by atoms with E-state index in [9.17, 15) is 13.2 Å². The molecule has 1 aliphatic carbocycles. The summed E-state index contributed by atoms with van der Waals surface area (Å²) in [6.07, 6.45) is 3.21. The van der Waals surface area contributed by atoms with Crippen LogP contribution in [0.5, 0.6) is 0 Å². The van der Waals surface area contributed by atoms with Gasteiger partial charge in [-0.15, -0.1) is 12.4 Å². The molecule has 3 N–H and O–H groups in total. The third-order valence-electron chi connectivity index (χ3n) is 4.72. The van der Waals surface area contributed by atoms with Crippen molar-refractivity contribution in [2.24, 2.45) is 5.73 Å². The lowest BCUT2D eigenvalue weighted by Crippen LogP contribution is -2.48. The quantitative estimate of drug-likeness (QED) is 0.782. The van der Waals surface area contributed by atoms with Crippen LogP contribution in [0.15, 0.2) is 23.1 Å². The summed E-state index contributed by atoms with van der Waals surface area (Å²) in [4.78, 5) is 12.7. The Kier molecular flexibility index (Phi) is 7.43. The van der Waals surface area contributed by atoms with Crippen LogP contribution in [0.4, 0.5) is 5.69 Å². The second-order valence-corrected chi connectivity index (χ2v) is 8.29. The highest BCUT2D eigenvalue weighted by Crippen LogP contribution is 2.29. The highest BCUT2D eigenvalue weighted by Gasteiger charge is 2.37. The molecule has 8 heteroatoms. The topological polar surface area (TPSA) is 92.5 Å². The average molecular weight is 390 g/mol. The number of anilines is 1. The highest BCUT2D eigenvalue weighted by molar-refractivity contribution is 7.89. The maximum absolute atomic E-state index is 12.8. The summed E-state index contributed by atoms with van der Waals surface area (Å²) in [5.41, 5.74) is 6.43. The second-order valence-electron chi connectivity index (χ2n) is 6.39. The Morgan fingerprint density at radius 2 is 1.80 bits per heavy atom. The molecule has 6 nitrogen and oxygen atoms in total. The molecule has 1 saturated carbocycles. The predicted octanol–water partition coefficient (Wildman–Crippen LogP) is 2.66. The maximum Gasteiger partial charge on any atom is 0.244 e. The molecule has 1 amide bonds. The predicted molar refractivity (Wildman–Crippen MR) is 103 cm³/mol. The van der Waals surface area contributed by atoms with Crippen molar-refractivity contribution in [1.82, 2.24) is 4.31 Å². The van der Waals surface area contributed by atoms with Gasteiger partial charge in [0.25, 0.3) is 0 Å². The number of sulfonamides is 1. The van der Waals surface area contributed by atoms with Gasteiger partial charge in [-0.05, 0) is 37.5 Å². The Hall–Kier alpha value is -1.15. The van der Waals surface area contributed by atoms with E-state index < -0.39 is 15.6 Å². The van der Waals surface area contributed by atoms with E-state index in [1.807, 2.05) is 0 Å². The summed E-state index contributed by atoms with van der Waals surface area (Å²) in [7, 11) is -3.57. The zero-order valence-corrected chi connectivity index (χ0v) is 16.7. The normalized spacial score (nSPS) is 16.5. The van der Waals surface area contributed by atoms with E-state index >= 15 is 0 Å². The molecule has 0 atom stereocenters. The Bertz CT molecular complexity index is 712. The van der Waals surface area contributed by atoms with Crippen LogP contribution in [0.2, 0.25) is 0 Å². The second kappa shape index (κ2) is 8.49. The van der Waals surface area contributed by atoms with Crippen molar-refractivity contribution in [3.05, 3.63) is 23.8 Å². The fraction of sp³-hybridized carbons (Fsp3) is 0.588. The van der Waals surface area contributed by atoms with Gasteiger partial charge in [0.15, 0.2) is 0 Å². The largest absolute Gasteiger partial charge is 0.324 e. The van der Waals surface area contributed by atoms with Crippen LogP contribution in [0.1, 0.15) is 45.1 Å². The number of nitrogens with one attached hydrogen (secondary N) is 1. The first-order valence-electron chi connectivity index (χ1n) is 8.45. The lowest BCUT2D eigenvalue weighted by Gasteiger charge is -2.23. The molecule has 0 spiro atoms. The monoisotopic (exact) mass is 389 g/mol. The Morgan fingerprint density at radius 1 is 1.24 bits per heavy atom. The van der Waals surface area contributed by atoms with E-state index in [2.05, 4.69) is 5.32 Å². The SMILES string of the molecule is CCN(CC)S(=O)(=O)c1cc(NC(=O)C2(N)CCCC2)ccc1C.Cl. The highest BCUT2D eigenvalue weighted by atomic mass is 35.5.